The number of nitrogens with two attached hydrogens (primary N) is 1. The first-order chi connectivity index (χ1) is 13.0. The van der Waals surface area contributed by atoms with Gasteiger partial charge in [-0.15, -0.1) is 11.3 Å². The number of rotatable bonds is 3. The molecule has 0 saturated heterocycles. The lowest BCUT2D eigenvalue weighted by atomic mass is 10.1. The summed E-state index contributed by atoms with van der Waals surface area (Å²) in [6.45, 7) is 0. The molecule has 0 aliphatic rings. The van der Waals surface area contributed by atoms with Crippen molar-refractivity contribution in [3.05, 3.63) is 69.8 Å². The summed E-state index contributed by atoms with van der Waals surface area (Å²) in [7, 11) is 0. The third-order valence-electron chi connectivity index (χ3n) is 3.96. The average molecular weight is 415 g/mol. The molecule has 0 radical (unpaired) electrons. The minimum atomic E-state index is -0.342. The number of carbonyl (C=O) groups excluding carboxylic acids is 1. The van der Waals surface area contributed by atoms with Gasteiger partial charge in [-0.25, -0.2) is 4.98 Å². The Kier molecular flexibility index (Phi) is 4.70. The van der Waals surface area contributed by atoms with Gasteiger partial charge in [0.25, 0.3) is 5.91 Å². The van der Waals surface area contributed by atoms with Gasteiger partial charge < -0.3 is 11.1 Å². The highest BCUT2D eigenvalue weighted by atomic mass is 35.5. The molecular formula is C19H12Cl2N4OS. The lowest BCUT2D eigenvalue weighted by Crippen LogP contribution is -2.12. The minimum absolute atomic E-state index is 0.342. The van der Waals surface area contributed by atoms with E-state index in [1.807, 2.05) is 24.3 Å². The maximum Gasteiger partial charge on any atom is 0.267 e. The summed E-state index contributed by atoms with van der Waals surface area (Å²) in [6.07, 6.45) is 3.41. The Morgan fingerprint density at radius 2 is 1.85 bits per heavy atom. The fourth-order valence-corrected chi connectivity index (χ4v) is 4.06. The van der Waals surface area contributed by atoms with E-state index in [1.165, 1.54) is 11.3 Å². The van der Waals surface area contributed by atoms with Crippen LogP contribution in [0, 0.1) is 0 Å². The van der Waals surface area contributed by atoms with Gasteiger partial charge in [-0.05, 0) is 42.5 Å². The average Bonchev–Trinajstić information content (AvgIpc) is 3.01. The van der Waals surface area contributed by atoms with Crippen molar-refractivity contribution in [2.45, 2.75) is 0 Å². The first-order valence-electron chi connectivity index (χ1n) is 7.89. The number of halogens is 2. The van der Waals surface area contributed by atoms with Crippen LogP contribution in [0.3, 0.4) is 0 Å². The van der Waals surface area contributed by atoms with E-state index in [2.05, 4.69) is 15.3 Å². The van der Waals surface area contributed by atoms with Gasteiger partial charge >= 0.3 is 0 Å². The van der Waals surface area contributed by atoms with E-state index in [9.17, 15) is 4.79 Å². The number of pyridine rings is 2. The van der Waals surface area contributed by atoms with Gasteiger partial charge in [-0.1, -0.05) is 23.2 Å². The minimum Gasteiger partial charge on any atom is -0.397 e. The molecule has 3 aromatic heterocycles. The summed E-state index contributed by atoms with van der Waals surface area (Å²) in [4.78, 5) is 22.4. The highest BCUT2D eigenvalue weighted by Gasteiger charge is 2.19. The molecule has 0 atom stereocenters. The number of hydrogen-bond acceptors (Lipinski definition) is 5. The van der Waals surface area contributed by atoms with E-state index >= 15 is 0 Å². The standard InChI is InChI=1S/C19H12Cl2N4OS/c20-11-1-3-15(13(21)9-11)24-18(26)17-16(22)12-2-4-14(25-19(12)27-17)10-5-7-23-8-6-10/h1-9H,22H2,(H,24,26). The Morgan fingerprint density at radius 3 is 2.59 bits per heavy atom. The second-order valence-electron chi connectivity index (χ2n) is 5.71. The molecule has 1 aromatic carbocycles. The van der Waals surface area contributed by atoms with Gasteiger partial charge in [0, 0.05) is 28.4 Å². The van der Waals surface area contributed by atoms with Crippen molar-refractivity contribution in [1.82, 2.24) is 9.97 Å². The van der Waals surface area contributed by atoms with E-state index in [0.29, 0.717) is 31.1 Å². The van der Waals surface area contributed by atoms with Gasteiger partial charge in [0.15, 0.2) is 0 Å². The number of benzene rings is 1. The number of hydrogen-bond donors (Lipinski definition) is 2. The van der Waals surface area contributed by atoms with E-state index in [1.54, 1.807) is 30.6 Å². The fraction of sp³-hybridized carbons (Fsp3) is 0. The topological polar surface area (TPSA) is 80.9 Å². The second kappa shape index (κ2) is 7.15. The maximum atomic E-state index is 12.7. The maximum absolute atomic E-state index is 12.7. The van der Waals surface area contributed by atoms with E-state index in [-0.39, 0.29) is 5.91 Å². The number of nitrogen functional groups attached to an aromatic ring is 1. The van der Waals surface area contributed by atoms with Crippen molar-refractivity contribution in [2.24, 2.45) is 0 Å². The molecule has 3 heterocycles. The zero-order valence-electron chi connectivity index (χ0n) is 13.7. The molecule has 27 heavy (non-hydrogen) atoms. The molecule has 134 valence electrons. The quantitative estimate of drug-likeness (QED) is 0.463. The molecular weight excluding hydrogens is 403 g/mol. The monoisotopic (exact) mass is 414 g/mol. The molecule has 3 N–H and O–H groups in total. The summed E-state index contributed by atoms with van der Waals surface area (Å²) >= 11 is 13.2. The van der Waals surface area contributed by atoms with Crippen LogP contribution in [0.4, 0.5) is 11.4 Å². The van der Waals surface area contributed by atoms with Gasteiger partial charge in [-0.3, -0.25) is 9.78 Å². The molecule has 0 bridgehead atoms. The summed E-state index contributed by atoms with van der Waals surface area (Å²) in [5, 5.41) is 4.36. The number of thiophene rings is 1. The molecule has 0 saturated carbocycles. The van der Waals surface area contributed by atoms with Crippen LogP contribution < -0.4 is 11.1 Å². The molecule has 0 unspecified atom stereocenters. The lowest BCUT2D eigenvalue weighted by Gasteiger charge is -2.06. The largest absolute Gasteiger partial charge is 0.397 e. The number of carbonyl (C=O) groups is 1. The molecule has 5 nitrogen and oxygen atoms in total. The molecule has 0 aliphatic heterocycles. The smallest absolute Gasteiger partial charge is 0.267 e. The molecule has 8 heteroatoms. The Morgan fingerprint density at radius 1 is 1.07 bits per heavy atom. The summed E-state index contributed by atoms with van der Waals surface area (Å²) < 4.78 is 0. The first-order valence-corrected chi connectivity index (χ1v) is 9.46. The summed E-state index contributed by atoms with van der Waals surface area (Å²) in [6, 6.07) is 12.4. The van der Waals surface area contributed by atoms with Gasteiger partial charge in [0.05, 0.1) is 22.1 Å². The molecule has 0 spiro atoms. The van der Waals surface area contributed by atoms with Crippen molar-refractivity contribution in [3.8, 4) is 11.3 Å². The lowest BCUT2D eigenvalue weighted by molar-refractivity contribution is 0.103. The molecule has 1 amide bonds. The van der Waals surface area contributed by atoms with Crippen LogP contribution in [0.2, 0.25) is 10.0 Å². The van der Waals surface area contributed by atoms with E-state index < -0.39 is 0 Å². The highest BCUT2D eigenvalue weighted by molar-refractivity contribution is 7.21. The SMILES string of the molecule is Nc1c(C(=O)Nc2ccc(Cl)cc2Cl)sc2nc(-c3ccncc3)ccc12. The van der Waals surface area contributed by atoms with Crippen LogP contribution in [0.5, 0.6) is 0 Å². The van der Waals surface area contributed by atoms with Gasteiger partial charge in [0.2, 0.25) is 0 Å². The number of amides is 1. The molecule has 4 aromatic rings. The Bertz CT molecular complexity index is 1160. The van der Waals surface area contributed by atoms with Crippen molar-refractivity contribution >= 4 is 62.0 Å². The van der Waals surface area contributed by atoms with Crippen LogP contribution in [-0.2, 0) is 0 Å². The van der Waals surface area contributed by atoms with Crippen molar-refractivity contribution in [1.29, 1.82) is 0 Å². The zero-order chi connectivity index (χ0) is 19.0. The third-order valence-corrected chi connectivity index (χ3v) is 5.62. The Hall–Kier alpha value is -2.67. The Balaban J connectivity index is 1.69. The van der Waals surface area contributed by atoms with Crippen LogP contribution >= 0.6 is 34.5 Å². The van der Waals surface area contributed by atoms with Crippen molar-refractivity contribution < 1.29 is 4.79 Å². The van der Waals surface area contributed by atoms with Crippen LogP contribution in [0.15, 0.2) is 54.9 Å². The highest BCUT2D eigenvalue weighted by Crippen LogP contribution is 2.35. The predicted molar refractivity (Wildman–Crippen MR) is 112 cm³/mol. The summed E-state index contributed by atoms with van der Waals surface area (Å²) in [5.74, 6) is -0.342. The van der Waals surface area contributed by atoms with Gasteiger partial charge in [-0.2, -0.15) is 0 Å². The summed E-state index contributed by atoms with van der Waals surface area (Å²) in [5.41, 5.74) is 8.78. The van der Waals surface area contributed by atoms with E-state index in [0.717, 1.165) is 16.6 Å². The van der Waals surface area contributed by atoms with Crippen molar-refractivity contribution in [3.63, 3.8) is 0 Å². The molecule has 4 rings (SSSR count). The zero-order valence-corrected chi connectivity index (χ0v) is 16.1. The normalized spacial score (nSPS) is 10.9. The first kappa shape index (κ1) is 17.7. The van der Waals surface area contributed by atoms with Crippen LogP contribution in [-0.4, -0.2) is 15.9 Å². The second-order valence-corrected chi connectivity index (χ2v) is 7.55. The number of anilines is 2. The number of aromatic nitrogens is 2. The number of nitrogens with zero attached hydrogens (tertiary/aromatic N) is 2. The third kappa shape index (κ3) is 3.47. The van der Waals surface area contributed by atoms with E-state index in [4.69, 9.17) is 28.9 Å². The molecule has 0 aliphatic carbocycles. The predicted octanol–water partition coefficient (Wildman–Crippen LogP) is 5.50. The van der Waals surface area contributed by atoms with Gasteiger partial charge in [0.1, 0.15) is 9.71 Å². The Labute approximate surface area is 168 Å². The van der Waals surface area contributed by atoms with Crippen LogP contribution in [0.1, 0.15) is 9.67 Å². The van der Waals surface area contributed by atoms with Crippen molar-refractivity contribution in [2.75, 3.05) is 11.1 Å². The number of fused-ring (bicyclic) bond motifs is 1. The number of nitrogens with one attached hydrogen (secondary N) is 1. The molecule has 0 fully saturated rings. The van der Waals surface area contributed by atoms with Crippen LogP contribution in [0.25, 0.3) is 21.5 Å². The fourth-order valence-electron chi connectivity index (χ4n) is 2.62.